The van der Waals surface area contributed by atoms with E-state index in [0.29, 0.717) is 12.8 Å². The molecule has 0 aliphatic heterocycles. The van der Waals surface area contributed by atoms with Gasteiger partial charge in [0.15, 0.2) is 0 Å². The van der Waals surface area contributed by atoms with Crippen LogP contribution in [0, 0.1) is 17.6 Å². The number of benzene rings is 1. The number of ether oxygens (including phenoxy) is 1. The van der Waals surface area contributed by atoms with Crippen molar-refractivity contribution in [3.8, 4) is 0 Å². The van der Waals surface area contributed by atoms with Crippen LogP contribution >= 0.6 is 0 Å². The Morgan fingerprint density at radius 3 is 2.68 bits per heavy atom. The van der Waals surface area contributed by atoms with E-state index < -0.39 is 29.6 Å². The molecule has 0 heterocycles. The number of unbranched alkanes of at least 4 members (excludes halogenated alkanes) is 1. The number of carbonyl (C=O) groups excluding carboxylic acids is 1. The number of hydrogen-bond donors (Lipinski definition) is 1. The average Bonchev–Trinajstić information content (AvgIpc) is 2.41. The summed E-state index contributed by atoms with van der Waals surface area (Å²) in [6.07, 6.45) is 0.467. The molecule has 0 saturated carbocycles. The molecule has 1 N–H and O–H groups in total. The molecule has 0 saturated heterocycles. The minimum atomic E-state index is -1.41. The molecule has 19 heavy (non-hydrogen) atoms. The molecule has 0 aliphatic carbocycles. The van der Waals surface area contributed by atoms with Crippen LogP contribution in [-0.4, -0.2) is 18.2 Å². The van der Waals surface area contributed by atoms with Crippen molar-refractivity contribution in [2.24, 2.45) is 5.92 Å². The molecular formula is C14H18F2O3. The van der Waals surface area contributed by atoms with Crippen molar-refractivity contribution < 1.29 is 23.4 Å². The first-order chi connectivity index (χ1) is 9.01. The van der Waals surface area contributed by atoms with Gasteiger partial charge in [-0.15, -0.1) is 0 Å². The summed E-state index contributed by atoms with van der Waals surface area (Å²) in [5.74, 6) is -2.90. The van der Waals surface area contributed by atoms with Crippen molar-refractivity contribution in [3.63, 3.8) is 0 Å². The number of rotatable bonds is 6. The third-order valence-corrected chi connectivity index (χ3v) is 3.03. The van der Waals surface area contributed by atoms with E-state index in [1.165, 1.54) is 7.11 Å². The minimum Gasteiger partial charge on any atom is -0.469 e. The molecule has 0 spiro atoms. The lowest BCUT2D eigenvalue weighted by atomic mass is 9.91. The lowest BCUT2D eigenvalue weighted by molar-refractivity contribution is -0.150. The van der Waals surface area contributed by atoms with Crippen LogP contribution in [-0.2, 0) is 9.53 Å². The summed E-state index contributed by atoms with van der Waals surface area (Å²) in [6, 6.07) is 2.80. The van der Waals surface area contributed by atoms with Gasteiger partial charge < -0.3 is 9.84 Å². The highest BCUT2D eigenvalue weighted by Gasteiger charge is 2.30. The van der Waals surface area contributed by atoms with E-state index in [1.807, 2.05) is 6.92 Å². The van der Waals surface area contributed by atoms with Crippen molar-refractivity contribution >= 4 is 5.97 Å². The molecular weight excluding hydrogens is 254 g/mol. The second kappa shape index (κ2) is 7.19. The highest BCUT2D eigenvalue weighted by Crippen LogP contribution is 2.29. The minimum absolute atomic E-state index is 0.216. The Balaban J connectivity index is 3.00. The van der Waals surface area contributed by atoms with Crippen LogP contribution in [0.5, 0.6) is 0 Å². The van der Waals surface area contributed by atoms with Crippen molar-refractivity contribution in [2.45, 2.75) is 32.3 Å². The Morgan fingerprint density at radius 1 is 1.42 bits per heavy atom. The Kier molecular flexibility index (Phi) is 5.89. The van der Waals surface area contributed by atoms with Crippen LogP contribution in [0.2, 0.25) is 0 Å². The van der Waals surface area contributed by atoms with Crippen LogP contribution < -0.4 is 0 Å². The smallest absolute Gasteiger partial charge is 0.311 e. The number of methoxy groups -OCH3 is 1. The number of esters is 1. The Morgan fingerprint density at radius 2 is 2.11 bits per heavy atom. The van der Waals surface area contributed by atoms with E-state index in [1.54, 1.807) is 0 Å². The summed E-state index contributed by atoms with van der Waals surface area (Å²) in [6.45, 7) is 1.93. The van der Waals surface area contributed by atoms with E-state index in [9.17, 15) is 18.7 Å². The zero-order valence-corrected chi connectivity index (χ0v) is 11.0. The molecule has 0 amide bonds. The first-order valence-electron chi connectivity index (χ1n) is 6.22. The summed E-state index contributed by atoms with van der Waals surface area (Å²) in [4.78, 5) is 11.6. The highest BCUT2D eigenvalue weighted by molar-refractivity contribution is 5.73. The summed E-state index contributed by atoms with van der Waals surface area (Å²) in [5.41, 5.74) is -0.216. The number of aliphatic hydroxyl groups is 1. The third kappa shape index (κ3) is 3.99. The zero-order valence-electron chi connectivity index (χ0n) is 11.0. The van der Waals surface area contributed by atoms with Crippen LogP contribution in [0.25, 0.3) is 0 Å². The van der Waals surface area contributed by atoms with Gasteiger partial charge in [0.2, 0.25) is 0 Å². The third-order valence-electron chi connectivity index (χ3n) is 3.03. The van der Waals surface area contributed by atoms with Crippen molar-refractivity contribution in [1.82, 2.24) is 0 Å². The fraction of sp³-hybridized carbons (Fsp3) is 0.500. The van der Waals surface area contributed by atoms with E-state index in [0.717, 1.165) is 24.6 Å². The summed E-state index contributed by atoms with van der Waals surface area (Å²) < 4.78 is 31.3. The van der Waals surface area contributed by atoms with Gasteiger partial charge in [-0.3, -0.25) is 4.79 Å². The van der Waals surface area contributed by atoms with E-state index in [2.05, 4.69) is 4.74 Å². The van der Waals surface area contributed by atoms with Crippen molar-refractivity contribution in [3.05, 3.63) is 35.4 Å². The summed E-state index contributed by atoms with van der Waals surface area (Å²) >= 11 is 0. The molecule has 0 aliphatic rings. The van der Waals surface area contributed by atoms with Crippen LogP contribution in [0.1, 0.15) is 37.9 Å². The SMILES string of the molecule is CCCCC(C(=O)OC)C(O)c1cc(F)ccc1F. The molecule has 2 unspecified atom stereocenters. The molecule has 106 valence electrons. The lowest BCUT2D eigenvalue weighted by Crippen LogP contribution is -2.24. The Bertz CT molecular complexity index is 435. The normalized spacial score (nSPS) is 13.9. The summed E-state index contributed by atoms with van der Waals surface area (Å²) in [5, 5.41) is 10.1. The molecule has 5 heteroatoms. The number of halogens is 2. The number of hydrogen-bond acceptors (Lipinski definition) is 3. The number of carbonyl (C=O) groups is 1. The Hall–Kier alpha value is -1.49. The van der Waals surface area contributed by atoms with Crippen LogP contribution in [0.4, 0.5) is 8.78 Å². The molecule has 1 rings (SSSR count). The molecule has 0 aromatic heterocycles. The molecule has 1 aromatic rings. The second-order valence-electron chi connectivity index (χ2n) is 4.38. The second-order valence-corrected chi connectivity index (χ2v) is 4.38. The fourth-order valence-corrected chi connectivity index (χ4v) is 1.94. The maximum Gasteiger partial charge on any atom is 0.311 e. The quantitative estimate of drug-likeness (QED) is 0.810. The van der Waals surface area contributed by atoms with E-state index >= 15 is 0 Å². The predicted octanol–water partition coefficient (Wildman–Crippen LogP) is 2.98. The van der Waals surface area contributed by atoms with Gasteiger partial charge in [0.05, 0.1) is 19.1 Å². The van der Waals surface area contributed by atoms with Gasteiger partial charge in [-0.1, -0.05) is 19.8 Å². The maximum absolute atomic E-state index is 13.6. The van der Waals surface area contributed by atoms with Gasteiger partial charge in [-0.05, 0) is 24.6 Å². The zero-order chi connectivity index (χ0) is 14.4. The lowest BCUT2D eigenvalue weighted by Gasteiger charge is -2.21. The average molecular weight is 272 g/mol. The fourth-order valence-electron chi connectivity index (χ4n) is 1.94. The van der Waals surface area contributed by atoms with Gasteiger partial charge >= 0.3 is 5.97 Å². The maximum atomic E-state index is 13.6. The van der Waals surface area contributed by atoms with Gasteiger partial charge in [0.25, 0.3) is 0 Å². The van der Waals surface area contributed by atoms with E-state index in [-0.39, 0.29) is 5.56 Å². The van der Waals surface area contributed by atoms with Crippen LogP contribution in [0.15, 0.2) is 18.2 Å². The molecule has 1 aromatic carbocycles. The van der Waals surface area contributed by atoms with Gasteiger partial charge in [-0.2, -0.15) is 0 Å². The number of aliphatic hydroxyl groups excluding tert-OH is 1. The van der Waals surface area contributed by atoms with Crippen molar-refractivity contribution in [2.75, 3.05) is 7.11 Å². The monoisotopic (exact) mass is 272 g/mol. The molecule has 2 atom stereocenters. The Labute approximate surface area is 111 Å². The first-order valence-corrected chi connectivity index (χ1v) is 6.22. The predicted molar refractivity (Wildman–Crippen MR) is 66.3 cm³/mol. The summed E-state index contributed by atoms with van der Waals surface area (Å²) in [7, 11) is 1.20. The first kappa shape index (κ1) is 15.6. The largest absolute Gasteiger partial charge is 0.469 e. The van der Waals surface area contributed by atoms with Gasteiger partial charge in [0.1, 0.15) is 11.6 Å². The van der Waals surface area contributed by atoms with E-state index in [4.69, 9.17) is 0 Å². The molecule has 3 nitrogen and oxygen atoms in total. The standard InChI is InChI=1S/C14H18F2O3/c1-3-4-5-10(14(18)19-2)13(17)11-8-9(15)6-7-12(11)16/h6-8,10,13,17H,3-5H2,1-2H3. The molecule has 0 radical (unpaired) electrons. The van der Waals surface area contributed by atoms with Gasteiger partial charge in [-0.25, -0.2) is 8.78 Å². The molecule has 0 bridgehead atoms. The van der Waals surface area contributed by atoms with Gasteiger partial charge in [0, 0.05) is 5.56 Å². The molecule has 0 fully saturated rings. The highest BCUT2D eigenvalue weighted by atomic mass is 19.1. The van der Waals surface area contributed by atoms with Crippen molar-refractivity contribution in [1.29, 1.82) is 0 Å². The topological polar surface area (TPSA) is 46.5 Å². The van der Waals surface area contributed by atoms with Crippen LogP contribution in [0.3, 0.4) is 0 Å².